The van der Waals surface area contributed by atoms with Crippen molar-refractivity contribution >= 4 is 29.9 Å². The number of carbonyl (C=O) groups is 1. The van der Waals surface area contributed by atoms with Crippen molar-refractivity contribution in [1.29, 1.82) is 0 Å². The lowest BCUT2D eigenvalue weighted by Crippen LogP contribution is -2.55. The number of halogens is 4. The normalized spacial score (nSPS) is 20.7. The summed E-state index contributed by atoms with van der Waals surface area (Å²) in [4.78, 5) is 12.1. The van der Waals surface area contributed by atoms with E-state index in [2.05, 4.69) is 15.4 Å². The quantitative estimate of drug-likeness (QED) is 0.835. The van der Waals surface area contributed by atoms with E-state index in [-0.39, 0.29) is 36.7 Å². The number of rotatable bonds is 5. The first kappa shape index (κ1) is 19.9. The minimum atomic E-state index is -2.94. The minimum Gasteiger partial charge on any atom is -0.434 e. The zero-order valence-corrected chi connectivity index (χ0v) is 13.9. The van der Waals surface area contributed by atoms with Crippen LogP contribution in [0.25, 0.3) is 0 Å². The molecule has 23 heavy (non-hydrogen) atoms. The number of amides is 1. The molecular weight excluding hydrogens is 353 g/mol. The van der Waals surface area contributed by atoms with Gasteiger partial charge in [0.2, 0.25) is 5.91 Å². The van der Waals surface area contributed by atoms with Crippen molar-refractivity contribution in [2.24, 2.45) is 0 Å². The van der Waals surface area contributed by atoms with Crippen LogP contribution >= 0.6 is 24.0 Å². The van der Waals surface area contributed by atoms with Gasteiger partial charge in [0.05, 0.1) is 12.7 Å². The molecule has 1 aliphatic rings. The van der Waals surface area contributed by atoms with Crippen LogP contribution in [0, 0.1) is 0 Å². The highest BCUT2D eigenvalue weighted by molar-refractivity contribution is 6.30. The third-order valence-corrected chi connectivity index (χ3v) is 3.53. The minimum absolute atomic E-state index is 0. The largest absolute Gasteiger partial charge is 0.434 e. The van der Waals surface area contributed by atoms with Gasteiger partial charge in [-0.05, 0) is 25.1 Å². The fourth-order valence-electron chi connectivity index (χ4n) is 2.22. The van der Waals surface area contributed by atoms with E-state index in [0.717, 1.165) is 0 Å². The average molecular weight is 371 g/mol. The number of morpholine rings is 1. The molecule has 0 radical (unpaired) electrons. The van der Waals surface area contributed by atoms with Gasteiger partial charge in [0.15, 0.2) is 0 Å². The molecule has 2 N–H and O–H groups in total. The van der Waals surface area contributed by atoms with Gasteiger partial charge in [-0.3, -0.25) is 4.79 Å². The van der Waals surface area contributed by atoms with Gasteiger partial charge in [-0.1, -0.05) is 11.6 Å². The molecule has 1 aliphatic heterocycles. The van der Waals surface area contributed by atoms with Crippen molar-refractivity contribution in [1.82, 2.24) is 10.6 Å². The Kier molecular flexibility index (Phi) is 7.98. The van der Waals surface area contributed by atoms with Gasteiger partial charge in [-0.15, -0.1) is 12.4 Å². The van der Waals surface area contributed by atoms with E-state index in [1.165, 1.54) is 18.2 Å². The maximum absolute atomic E-state index is 12.4. The second kappa shape index (κ2) is 9.22. The van der Waals surface area contributed by atoms with Crippen LogP contribution in [-0.4, -0.2) is 37.8 Å². The molecule has 2 rings (SSSR count). The van der Waals surface area contributed by atoms with E-state index < -0.39 is 12.7 Å². The third-order valence-electron chi connectivity index (χ3n) is 3.29. The molecule has 9 heteroatoms. The summed E-state index contributed by atoms with van der Waals surface area (Å²) in [6.07, 6.45) is -0.259. The molecule has 5 nitrogen and oxygen atoms in total. The van der Waals surface area contributed by atoms with Crippen LogP contribution in [-0.2, 0) is 16.1 Å². The Hall–Kier alpha value is -1.15. The molecule has 1 fully saturated rings. The topological polar surface area (TPSA) is 59.6 Å². The predicted molar refractivity (Wildman–Crippen MR) is 84.4 cm³/mol. The van der Waals surface area contributed by atoms with Crippen LogP contribution in [0.3, 0.4) is 0 Å². The SMILES string of the molecule is C[C@H]1OCCN[C@@H]1C(=O)NCc1cc(Cl)ccc1OC(F)F.Cl. The van der Waals surface area contributed by atoms with Gasteiger partial charge in [-0.25, -0.2) is 0 Å². The Morgan fingerprint density at radius 1 is 1.57 bits per heavy atom. The zero-order chi connectivity index (χ0) is 16.1. The summed E-state index contributed by atoms with van der Waals surface area (Å²) in [5, 5.41) is 6.10. The fourth-order valence-corrected chi connectivity index (χ4v) is 2.41. The van der Waals surface area contributed by atoms with E-state index in [1.807, 2.05) is 0 Å². The lowest BCUT2D eigenvalue weighted by molar-refractivity contribution is -0.129. The first-order valence-electron chi connectivity index (χ1n) is 6.83. The van der Waals surface area contributed by atoms with Crippen molar-refractivity contribution in [3.63, 3.8) is 0 Å². The highest BCUT2D eigenvalue weighted by Gasteiger charge is 2.28. The van der Waals surface area contributed by atoms with Crippen LogP contribution in [0.15, 0.2) is 18.2 Å². The molecule has 0 spiro atoms. The standard InChI is InChI=1S/C14H17ClF2N2O3.ClH/c1-8-12(18-4-5-21-8)13(20)19-7-9-6-10(15)2-3-11(9)22-14(16)17;/h2-3,6,8,12,14,18H,4-5,7H2,1H3,(H,19,20);1H/t8-,12+;/m1./s1. The Morgan fingerprint density at radius 2 is 2.30 bits per heavy atom. The number of ether oxygens (including phenoxy) is 2. The zero-order valence-electron chi connectivity index (χ0n) is 12.4. The van der Waals surface area contributed by atoms with Crippen LogP contribution in [0.5, 0.6) is 5.75 Å². The van der Waals surface area contributed by atoms with Crippen LogP contribution in [0.2, 0.25) is 5.02 Å². The van der Waals surface area contributed by atoms with Gasteiger partial charge in [0, 0.05) is 23.7 Å². The number of hydrogen-bond acceptors (Lipinski definition) is 4. The van der Waals surface area contributed by atoms with Crippen LogP contribution in [0.4, 0.5) is 8.78 Å². The number of nitrogens with one attached hydrogen (secondary N) is 2. The predicted octanol–water partition coefficient (Wildman–Crippen LogP) is 2.36. The summed E-state index contributed by atoms with van der Waals surface area (Å²) in [6.45, 7) is 0.0161. The van der Waals surface area contributed by atoms with Crippen molar-refractivity contribution in [3.05, 3.63) is 28.8 Å². The smallest absolute Gasteiger partial charge is 0.387 e. The second-order valence-corrected chi connectivity index (χ2v) is 5.29. The molecule has 1 aromatic rings. The van der Waals surface area contributed by atoms with E-state index in [1.54, 1.807) is 6.92 Å². The van der Waals surface area contributed by atoms with E-state index in [4.69, 9.17) is 16.3 Å². The molecule has 0 aromatic heterocycles. The van der Waals surface area contributed by atoms with Crippen molar-refractivity contribution in [2.75, 3.05) is 13.2 Å². The molecule has 1 heterocycles. The van der Waals surface area contributed by atoms with Gasteiger partial charge in [0.25, 0.3) is 0 Å². The lowest BCUT2D eigenvalue weighted by Gasteiger charge is -2.29. The molecule has 1 amide bonds. The summed E-state index contributed by atoms with van der Waals surface area (Å²) >= 11 is 5.85. The Morgan fingerprint density at radius 3 is 2.96 bits per heavy atom. The van der Waals surface area contributed by atoms with Gasteiger partial charge in [-0.2, -0.15) is 8.78 Å². The number of carbonyl (C=O) groups excluding carboxylic acids is 1. The van der Waals surface area contributed by atoms with E-state index in [9.17, 15) is 13.6 Å². The fraction of sp³-hybridized carbons (Fsp3) is 0.500. The third kappa shape index (κ3) is 5.76. The number of alkyl halides is 2. The number of benzene rings is 1. The maximum Gasteiger partial charge on any atom is 0.387 e. The van der Waals surface area contributed by atoms with E-state index >= 15 is 0 Å². The first-order valence-corrected chi connectivity index (χ1v) is 7.21. The molecule has 0 unspecified atom stereocenters. The summed E-state index contributed by atoms with van der Waals surface area (Å²) in [5.41, 5.74) is 0.380. The Balaban J connectivity index is 0.00000264. The van der Waals surface area contributed by atoms with E-state index in [0.29, 0.717) is 23.7 Å². The molecule has 2 atom stereocenters. The van der Waals surface area contributed by atoms with Crippen molar-refractivity contribution < 1.29 is 23.0 Å². The first-order chi connectivity index (χ1) is 10.5. The lowest BCUT2D eigenvalue weighted by atomic mass is 10.1. The molecular formula is C14H18Cl2F2N2O3. The summed E-state index contributed by atoms with van der Waals surface area (Å²) in [5.74, 6) is -0.282. The molecule has 0 aliphatic carbocycles. The highest BCUT2D eigenvalue weighted by Crippen LogP contribution is 2.24. The molecule has 0 saturated carbocycles. The maximum atomic E-state index is 12.4. The number of hydrogen-bond donors (Lipinski definition) is 2. The van der Waals surface area contributed by atoms with Crippen molar-refractivity contribution in [3.8, 4) is 5.75 Å². The summed E-state index contributed by atoms with van der Waals surface area (Å²) < 4.78 is 34.6. The second-order valence-electron chi connectivity index (χ2n) is 4.86. The van der Waals surface area contributed by atoms with Crippen LogP contribution < -0.4 is 15.4 Å². The van der Waals surface area contributed by atoms with Gasteiger partial charge < -0.3 is 20.1 Å². The van der Waals surface area contributed by atoms with Crippen molar-refractivity contribution in [2.45, 2.75) is 32.2 Å². The van der Waals surface area contributed by atoms with Gasteiger partial charge >= 0.3 is 6.61 Å². The average Bonchev–Trinajstić information content (AvgIpc) is 2.47. The molecule has 0 bridgehead atoms. The van der Waals surface area contributed by atoms with Crippen LogP contribution in [0.1, 0.15) is 12.5 Å². The summed E-state index contributed by atoms with van der Waals surface area (Å²) in [7, 11) is 0. The van der Waals surface area contributed by atoms with Gasteiger partial charge in [0.1, 0.15) is 11.8 Å². The molecule has 1 aromatic carbocycles. The Bertz CT molecular complexity index is 535. The molecule has 130 valence electrons. The summed E-state index contributed by atoms with van der Waals surface area (Å²) in [6, 6.07) is 3.80. The molecule has 1 saturated heterocycles. The Labute approximate surface area is 144 Å². The highest BCUT2D eigenvalue weighted by atomic mass is 35.5. The monoisotopic (exact) mass is 370 g/mol.